The zero-order valence-electron chi connectivity index (χ0n) is 20.3. The van der Waals surface area contributed by atoms with Crippen molar-refractivity contribution in [3.8, 4) is 0 Å². The Morgan fingerprint density at radius 1 is 1.14 bits per heavy atom. The number of anilines is 3. The van der Waals surface area contributed by atoms with Crippen LogP contribution in [0.15, 0.2) is 30.5 Å². The van der Waals surface area contributed by atoms with E-state index in [-0.39, 0.29) is 29.3 Å². The molecule has 2 aliphatic rings. The first-order valence-electron chi connectivity index (χ1n) is 12.5. The Morgan fingerprint density at radius 2 is 1.94 bits per heavy atom. The number of halogens is 1. The second-order valence-electron chi connectivity index (χ2n) is 9.52. The normalized spacial score (nSPS) is 20.9. The third-order valence-electron chi connectivity index (χ3n) is 6.95. The van der Waals surface area contributed by atoms with Gasteiger partial charge in [0.05, 0.1) is 30.8 Å². The molecular weight excluding hydrogens is 463 g/mol. The maximum Gasteiger partial charge on any atom is 0.252 e. The number of benzene rings is 1. The number of carbonyl (C=O) groups is 1. The minimum absolute atomic E-state index is 0.0258. The van der Waals surface area contributed by atoms with Crippen LogP contribution in [0.25, 0.3) is 10.9 Å². The molecule has 0 spiro atoms. The third kappa shape index (κ3) is 5.58. The fourth-order valence-corrected chi connectivity index (χ4v) is 4.85. The number of pyridine rings is 1. The van der Waals surface area contributed by atoms with Crippen LogP contribution in [0, 0.1) is 5.82 Å². The van der Waals surface area contributed by atoms with Gasteiger partial charge in [-0.05, 0) is 37.1 Å². The van der Waals surface area contributed by atoms with Gasteiger partial charge in [-0.2, -0.15) is 5.10 Å². The van der Waals surface area contributed by atoms with Crippen LogP contribution in [0.4, 0.5) is 21.7 Å². The van der Waals surface area contributed by atoms with E-state index in [0.29, 0.717) is 5.69 Å². The fourth-order valence-electron chi connectivity index (χ4n) is 4.85. The summed E-state index contributed by atoms with van der Waals surface area (Å²) in [5.74, 6) is -1.17. The monoisotopic (exact) mass is 496 g/mol. The maximum absolute atomic E-state index is 14.8. The zero-order valence-corrected chi connectivity index (χ0v) is 20.3. The molecule has 2 aromatic heterocycles. The highest BCUT2D eigenvalue weighted by molar-refractivity contribution is 5.99. The number of carbonyl (C=O) groups excluding carboxylic acids is 1. The van der Waals surface area contributed by atoms with Crippen LogP contribution in [0.3, 0.4) is 0 Å². The molecule has 5 rings (SSSR count). The van der Waals surface area contributed by atoms with E-state index in [9.17, 15) is 9.18 Å². The Kier molecular flexibility index (Phi) is 7.30. The van der Waals surface area contributed by atoms with Crippen LogP contribution in [0.2, 0.25) is 0 Å². The summed E-state index contributed by atoms with van der Waals surface area (Å²) < 4.78 is 22.1. The van der Waals surface area contributed by atoms with Crippen molar-refractivity contribution >= 4 is 34.1 Å². The van der Waals surface area contributed by atoms with E-state index >= 15 is 0 Å². The number of primary amides is 1. The van der Waals surface area contributed by atoms with E-state index in [0.717, 1.165) is 82.0 Å². The van der Waals surface area contributed by atoms with Crippen molar-refractivity contribution in [2.45, 2.75) is 44.3 Å². The Bertz CT molecular complexity index is 1230. The van der Waals surface area contributed by atoms with Gasteiger partial charge in [-0.25, -0.2) is 9.37 Å². The third-order valence-corrected chi connectivity index (χ3v) is 6.95. The number of ether oxygens (including phenoxy) is 1. The van der Waals surface area contributed by atoms with Crippen LogP contribution >= 0.6 is 0 Å². The van der Waals surface area contributed by atoms with E-state index < -0.39 is 11.7 Å². The number of nitrogens with one attached hydrogen (secondary N) is 2. The molecule has 10 nitrogen and oxygen atoms in total. The molecule has 1 amide bonds. The lowest BCUT2D eigenvalue weighted by atomic mass is 9.91. The van der Waals surface area contributed by atoms with Crippen molar-refractivity contribution in [3.63, 3.8) is 0 Å². The predicted octanol–water partition coefficient (Wildman–Crippen LogP) is 2.43. The summed E-state index contributed by atoms with van der Waals surface area (Å²) >= 11 is 0. The summed E-state index contributed by atoms with van der Waals surface area (Å²) in [7, 11) is 0. The standard InChI is InChI=1S/C25H33FN8O2/c26-19-14-18(23(28)35)24(31-25(19)30-21-4-2-1-3-20(21)27)29-17-6-5-16-15-34(32-22(16)13-17)8-7-33-9-11-36-12-10-33/h5-6,13-15,20-21H,1-4,7-12,27H2,(H2,28,35)(H2,29,30,31). The Balaban J connectivity index is 1.34. The average molecular weight is 497 g/mol. The lowest BCUT2D eigenvalue weighted by Crippen LogP contribution is -2.43. The average Bonchev–Trinajstić information content (AvgIpc) is 3.28. The van der Waals surface area contributed by atoms with Crippen molar-refractivity contribution in [2.24, 2.45) is 11.5 Å². The van der Waals surface area contributed by atoms with Gasteiger partial charge in [0.1, 0.15) is 5.82 Å². The molecule has 1 saturated heterocycles. The molecule has 2 fully saturated rings. The molecule has 1 aromatic carbocycles. The van der Waals surface area contributed by atoms with E-state index in [1.165, 1.54) is 0 Å². The molecule has 6 N–H and O–H groups in total. The lowest BCUT2D eigenvalue weighted by Gasteiger charge is -2.30. The van der Waals surface area contributed by atoms with Crippen molar-refractivity contribution < 1.29 is 13.9 Å². The number of morpholine rings is 1. The number of aromatic nitrogens is 3. The summed E-state index contributed by atoms with van der Waals surface area (Å²) in [6.45, 7) is 5.10. The Labute approximate surface area is 209 Å². The zero-order chi connectivity index (χ0) is 25.1. The highest BCUT2D eigenvalue weighted by atomic mass is 19.1. The van der Waals surface area contributed by atoms with Gasteiger partial charge in [0.2, 0.25) is 0 Å². The first-order chi connectivity index (χ1) is 17.5. The second kappa shape index (κ2) is 10.8. The van der Waals surface area contributed by atoms with Gasteiger partial charge in [-0.1, -0.05) is 12.8 Å². The summed E-state index contributed by atoms with van der Waals surface area (Å²) in [6.07, 6.45) is 5.82. The Hall–Kier alpha value is -3.28. The predicted molar refractivity (Wildman–Crippen MR) is 137 cm³/mol. The van der Waals surface area contributed by atoms with Gasteiger partial charge in [-0.15, -0.1) is 0 Å². The molecule has 1 aliphatic carbocycles. The highest BCUT2D eigenvalue weighted by Gasteiger charge is 2.24. The summed E-state index contributed by atoms with van der Waals surface area (Å²) in [5, 5.41) is 12.0. The number of nitrogens with two attached hydrogens (primary N) is 2. The molecule has 0 radical (unpaired) electrons. The SMILES string of the molecule is NC(=O)c1cc(F)c(NC2CCCCC2N)nc1Nc1ccc2cn(CCN3CCOCC3)nc2c1. The van der Waals surface area contributed by atoms with E-state index in [1.54, 1.807) is 0 Å². The van der Waals surface area contributed by atoms with Crippen LogP contribution in [-0.2, 0) is 11.3 Å². The molecule has 1 saturated carbocycles. The lowest BCUT2D eigenvalue weighted by molar-refractivity contribution is 0.0360. The first kappa shape index (κ1) is 24.4. The highest BCUT2D eigenvalue weighted by Crippen LogP contribution is 2.28. The first-order valence-corrected chi connectivity index (χ1v) is 12.5. The van der Waals surface area contributed by atoms with E-state index in [4.69, 9.17) is 21.3 Å². The minimum atomic E-state index is -0.765. The number of rotatable bonds is 8. The molecule has 3 heterocycles. The van der Waals surface area contributed by atoms with E-state index in [2.05, 4.69) is 20.5 Å². The summed E-state index contributed by atoms with van der Waals surface area (Å²) in [5.41, 5.74) is 13.2. The number of nitrogens with zero attached hydrogens (tertiary/aromatic N) is 4. The molecule has 192 valence electrons. The molecular formula is C25H33FN8O2. The van der Waals surface area contributed by atoms with Gasteiger partial charge in [0.25, 0.3) is 5.91 Å². The number of amides is 1. The van der Waals surface area contributed by atoms with E-state index in [1.807, 2.05) is 29.1 Å². The van der Waals surface area contributed by atoms with Gasteiger partial charge in [-0.3, -0.25) is 14.4 Å². The van der Waals surface area contributed by atoms with Gasteiger partial charge >= 0.3 is 0 Å². The van der Waals surface area contributed by atoms with Gasteiger partial charge in [0, 0.05) is 49.0 Å². The van der Waals surface area contributed by atoms with Crippen molar-refractivity contribution in [2.75, 3.05) is 43.5 Å². The molecule has 11 heteroatoms. The molecule has 0 bridgehead atoms. The van der Waals surface area contributed by atoms with Crippen molar-refractivity contribution in [1.29, 1.82) is 0 Å². The number of hydrogen-bond acceptors (Lipinski definition) is 8. The van der Waals surface area contributed by atoms with Gasteiger partial charge in [0.15, 0.2) is 11.6 Å². The van der Waals surface area contributed by atoms with Crippen LogP contribution in [-0.4, -0.2) is 70.5 Å². The molecule has 36 heavy (non-hydrogen) atoms. The summed E-state index contributed by atoms with van der Waals surface area (Å²) in [6, 6.07) is 6.66. The van der Waals surface area contributed by atoms with Crippen LogP contribution in [0.5, 0.6) is 0 Å². The quantitative estimate of drug-likeness (QED) is 0.373. The van der Waals surface area contributed by atoms with Crippen LogP contribution < -0.4 is 22.1 Å². The minimum Gasteiger partial charge on any atom is -0.379 e. The Morgan fingerprint density at radius 3 is 2.72 bits per heavy atom. The van der Waals surface area contributed by atoms with Crippen LogP contribution in [0.1, 0.15) is 36.0 Å². The number of fused-ring (bicyclic) bond motifs is 1. The number of hydrogen-bond donors (Lipinski definition) is 4. The topological polar surface area (TPSA) is 136 Å². The smallest absolute Gasteiger partial charge is 0.252 e. The fraction of sp³-hybridized carbons (Fsp3) is 0.480. The summed E-state index contributed by atoms with van der Waals surface area (Å²) in [4.78, 5) is 18.8. The second-order valence-corrected chi connectivity index (χ2v) is 9.52. The largest absolute Gasteiger partial charge is 0.379 e. The molecule has 2 unspecified atom stereocenters. The molecule has 3 aromatic rings. The molecule has 1 aliphatic heterocycles. The van der Waals surface area contributed by atoms with Crippen molar-refractivity contribution in [3.05, 3.63) is 41.8 Å². The van der Waals surface area contributed by atoms with Crippen molar-refractivity contribution in [1.82, 2.24) is 19.7 Å². The maximum atomic E-state index is 14.8. The molecule has 2 atom stereocenters. The van der Waals surface area contributed by atoms with Gasteiger partial charge < -0.3 is 26.8 Å².